The summed E-state index contributed by atoms with van der Waals surface area (Å²) in [5, 5.41) is 2.33. The third-order valence-corrected chi connectivity index (χ3v) is 3.31. The standard InChI is InChI=1S/C17H17N3O5S/c1-23-12-7-5-11(10-14(12)24-2)6-8-15(21)18-17(26)20-19-16(22)13-4-3-9-25-13/h3-10H,1-2H3,(H,19,22)(H2,18,20,21,26)/b8-6+. The molecule has 0 aliphatic heterocycles. The van der Waals surface area contributed by atoms with Crippen molar-refractivity contribution in [3.63, 3.8) is 0 Å². The average molecular weight is 375 g/mol. The molecular weight excluding hydrogens is 358 g/mol. The number of carbonyl (C=O) groups is 2. The molecule has 2 aromatic rings. The van der Waals surface area contributed by atoms with Crippen LogP contribution in [0.3, 0.4) is 0 Å². The second kappa shape index (κ2) is 9.23. The Kier molecular flexibility index (Phi) is 6.75. The zero-order chi connectivity index (χ0) is 18.9. The molecule has 0 saturated carbocycles. The predicted molar refractivity (Wildman–Crippen MR) is 98.6 cm³/mol. The third-order valence-electron chi connectivity index (χ3n) is 3.11. The van der Waals surface area contributed by atoms with Gasteiger partial charge in [-0.2, -0.15) is 0 Å². The third kappa shape index (κ3) is 5.35. The van der Waals surface area contributed by atoms with Gasteiger partial charge in [0.15, 0.2) is 22.4 Å². The Hall–Kier alpha value is -3.33. The summed E-state index contributed by atoms with van der Waals surface area (Å²) in [6.07, 6.45) is 4.25. The molecule has 0 radical (unpaired) electrons. The van der Waals surface area contributed by atoms with Crippen LogP contribution in [-0.4, -0.2) is 31.1 Å². The van der Waals surface area contributed by atoms with Crippen molar-refractivity contribution < 1.29 is 23.5 Å². The molecule has 0 saturated heterocycles. The number of furan rings is 1. The quantitative estimate of drug-likeness (QED) is 0.415. The van der Waals surface area contributed by atoms with Gasteiger partial charge in [-0.25, -0.2) is 0 Å². The highest BCUT2D eigenvalue weighted by atomic mass is 32.1. The molecule has 0 aliphatic carbocycles. The van der Waals surface area contributed by atoms with E-state index in [0.29, 0.717) is 11.5 Å². The van der Waals surface area contributed by atoms with Crippen molar-refractivity contribution >= 4 is 35.2 Å². The minimum Gasteiger partial charge on any atom is -0.493 e. The van der Waals surface area contributed by atoms with E-state index in [-0.39, 0.29) is 10.9 Å². The van der Waals surface area contributed by atoms with Crippen molar-refractivity contribution in [1.82, 2.24) is 16.2 Å². The molecule has 0 bridgehead atoms. The van der Waals surface area contributed by atoms with Crippen molar-refractivity contribution in [2.45, 2.75) is 0 Å². The molecule has 1 heterocycles. The first-order valence-corrected chi connectivity index (χ1v) is 7.79. The van der Waals surface area contributed by atoms with Crippen LogP contribution in [-0.2, 0) is 4.79 Å². The number of carbonyl (C=O) groups excluding carboxylic acids is 2. The van der Waals surface area contributed by atoms with Gasteiger partial charge in [0.2, 0.25) is 5.91 Å². The molecular formula is C17H17N3O5S. The van der Waals surface area contributed by atoms with Gasteiger partial charge in [-0.1, -0.05) is 6.07 Å². The molecule has 1 aromatic heterocycles. The molecule has 3 N–H and O–H groups in total. The lowest BCUT2D eigenvalue weighted by molar-refractivity contribution is -0.115. The molecule has 0 spiro atoms. The Morgan fingerprint density at radius 3 is 2.54 bits per heavy atom. The lowest BCUT2D eigenvalue weighted by Crippen LogP contribution is -2.48. The van der Waals surface area contributed by atoms with Gasteiger partial charge in [-0.05, 0) is 48.1 Å². The van der Waals surface area contributed by atoms with Gasteiger partial charge in [0.1, 0.15) is 0 Å². The Morgan fingerprint density at radius 2 is 1.88 bits per heavy atom. The second-order valence-corrected chi connectivity index (χ2v) is 5.23. The van der Waals surface area contributed by atoms with Crippen LogP contribution < -0.4 is 25.6 Å². The molecule has 0 fully saturated rings. The molecule has 2 amide bonds. The summed E-state index contributed by atoms with van der Waals surface area (Å²) in [7, 11) is 3.07. The summed E-state index contributed by atoms with van der Waals surface area (Å²) in [5.74, 6) is 0.261. The van der Waals surface area contributed by atoms with E-state index in [4.69, 9.17) is 26.1 Å². The van der Waals surface area contributed by atoms with Crippen LogP contribution in [0, 0.1) is 0 Å². The van der Waals surface area contributed by atoms with Gasteiger partial charge in [-0.15, -0.1) is 0 Å². The van der Waals surface area contributed by atoms with E-state index in [0.717, 1.165) is 5.56 Å². The van der Waals surface area contributed by atoms with Crippen LogP contribution in [0.4, 0.5) is 0 Å². The van der Waals surface area contributed by atoms with Crippen LogP contribution in [0.15, 0.2) is 47.1 Å². The fourth-order valence-electron chi connectivity index (χ4n) is 1.90. The van der Waals surface area contributed by atoms with Gasteiger partial charge < -0.3 is 13.9 Å². The number of thiocarbonyl (C=S) groups is 1. The number of nitrogens with one attached hydrogen (secondary N) is 3. The van der Waals surface area contributed by atoms with Gasteiger partial charge in [0.25, 0.3) is 0 Å². The number of hydrogen-bond acceptors (Lipinski definition) is 6. The van der Waals surface area contributed by atoms with E-state index in [1.165, 1.54) is 25.5 Å². The van der Waals surface area contributed by atoms with E-state index in [2.05, 4.69) is 16.2 Å². The molecule has 0 atom stereocenters. The van der Waals surface area contributed by atoms with Gasteiger partial charge in [0.05, 0.1) is 20.5 Å². The summed E-state index contributed by atoms with van der Waals surface area (Å²) in [6.45, 7) is 0. The summed E-state index contributed by atoms with van der Waals surface area (Å²) in [6, 6.07) is 8.29. The van der Waals surface area contributed by atoms with Crippen LogP contribution >= 0.6 is 12.2 Å². The summed E-state index contributed by atoms with van der Waals surface area (Å²) in [5.41, 5.74) is 5.44. The number of hydrazine groups is 1. The van der Waals surface area contributed by atoms with Crippen LogP contribution in [0.1, 0.15) is 16.1 Å². The van der Waals surface area contributed by atoms with Crippen LogP contribution in [0.2, 0.25) is 0 Å². The lowest BCUT2D eigenvalue weighted by Gasteiger charge is -2.09. The lowest BCUT2D eigenvalue weighted by atomic mass is 10.2. The Bertz CT molecular complexity index is 818. The van der Waals surface area contributed by atoms with Crippen LogP contribution in [0.25, 0.3) is 6.08 Å². The van der Waals surface area contributed by atoms with E-state index < -0.39 is 11.8 Å². The molecule has 26 heavy (non-hydrogen) atoms. The van der Waals surface area contributed by atoms with Crippen molar-refractivity contribution in [3.8, 4) is 11.5 Å². The van der Waals surface area contributed by atoms with Crippen molar-refractivity contribution in [2.24, 2.45) is 0 Å². The smallest absolute Gasteiger partial charge is 0.305 e. The Labute approximate surface area is 155 Å². The molecule has 0 unspecified atom stereocenters. The highest BCUT2D eigenvalue weighted by Crippen LogP contribution is 2.27. The zero-order valence-corrected chi connectivity index (χ0v) is 14.9. The van der Waals surface area contributed by atoms with Gasteiger partial charge >= 0.3 is 5.91 Å². The average Bonchev–Trinajstić information content (AvgIpc) is 3.19. The number of ether oxygens (including phenoxy) is 2. The molecule has 8 nitrogen and oxygen atoms in total. The maximum Gasteiger partial charge on any atom is 0.305 e. The maximum atomic E-state index is 11.9. The number of methoxy groups -OCH3 is 2. The Balaban J connectivity index is 1.84. The minimum atomic E-state index is -0.521. The zero-order valence-electron chi connectivity index (χ0n) is 14.1. The summed E-state index contributed by atoms with van der Waals surface area (Å²) in [4.78, 5) is 23.5. The molecule has 136 valence electrons. The van der Waals surface area contributed by atoms with E-state index in [1.54, 1.807) is 37.5 Å². The largest absolute Gasteiger partial charge is 0.493 e. The molecule has 1 aromatic carbocycles. The second-order valence-electron chi connectivity index (χ2n) is 4.82. The first-order valence-electron chi connectivity index (χ1n) is 7.38. The topological polar surface area (TPSA) is 102 Å². The summed E-state index contributed by atoms with van der Waals surface area (Å²) >= 11 is 4.92. The fourth-order valence-corrected chi connectivity index (χ4v) is 2.05. The van der Waals surface area contributed by atoms with Gasteiger partial charge in [-0.3, -0.25) is 25.8 Å². The highest BCUT2D eigenvalue weighted by molar-refractivity contribution is 7.80. The van der Waals surface area contributed by atoms with Crippen molar-refractivity contribution in [2.75, 3.05) is 14.2 Å². The van der Waals surface area contributed by atoms with E-state index in [9.17, 15) is 9.59 Å². The number of benzene rings is 1. The Morgan fingerprint density at radius 1 is 1.12 bits per heavy atom. The van der Waals surface area contributed by atoms with Gasteiger partial charge in [0, 0.05) is 6.08 Å². The summed E-state index contributed by atoms with van der Waals surface area (Å²) < 4.78 is 15.3. The van der Waals surface area contributed by atoms with Crippen molar-refractivity contribution in [1.29, 1.82) is 0 Å². The first kappa shape index (κ1) is 19.0. The highest BCUT2D eigenvalue weighted by Gasteiger charge is 2.09. The number of hydrogen-bond donors (Lipinski definition) is 3. The SMILES string of the molecule is COc1ccc(/C=C/C(=O)NC(=S)NNC(=O)c2ccco2)cc1OC. The minimum absolute atomic E-state index is 0.0631. The van der Waals surface area contributed by atoms with E-state index in [1.807, 2.05) is 0 Å². The monoisotopic (exact) mass is 375 g/mol. The van der Waals surface area contributed by atoms with Crippen LogP contribution in [0.5, 0.6) is 11.5 Å². The molecule has 0 aliphatic rings. The van der Waals surface area contributed by atoms with E-state index >= 15 is 0 Å². The predicted octanol–water partition coefficient (Wildman–Crippen LogP) is 1.65. The van der Waals surface area contributed by atoms with Crippen molar-refractivity contribution in [3.05, 3.63) is 54.0 Å². The molecule has 2 rings (SSSR count). The normalized spacial score (nSPS) is 10.2. The number of amides is 2. The first-order chi connectivity index (χ1) is 12.5. The molecule has 9 heteroatoms. The maximum absolute atomic E-state index is 11.9. The number of rotatable bonds is 5. The fraction of sp³-hybridized carbons (Fsp3) is 0.118.